The van der Waals surface area contributed by atoms with Gasteiger partial charge in [-0.25, -0.2) is 0 Å². The number of rotatable bonds is 0. The van der Waals surface area contributed by atoms with E-state index in [1.54, 1.807) is 11.1 Å². The van der Waals surface area contributed by atoms with E-state index in [1.807, 2.05) is 0 Å². The highest BCUT2D eigenvalue weighted by molar-refractivity contribution is 5.45. The predicted molar refractivity (Wildman–Crippen MR) is 78.7 cm³/mol. The molecule has 2 aliphatic rings. The lowest BCUT2D eigenvalue weighted by Crippen LogP contribution is -2.34. The second-order valence-electron chi connectivity index (χ2n) is 5.78. The van der Waals surface area contributed by atoms with E-state index in [0.29, 0.717) is 11.8 Å². The quantitative estimate of drug-likeness (QED) is 0.754. The zero-order chi connectivity index (χ0) is 12.7. The first-order chi connectivity index (χ1) is 9.43. The summed E-state index contributed by atoms with van der Waals surface area (Å²) in [6.45, 7) is 2.27. The van der Waals surface area contributed by atoms with E-state index >= 15 is 0 Å². The summed E-state index contributed by atoms with van der Waals surface area (Å²) >= 11 is 0. The minimum atomic E-state index is 0.647. The van der Waals surface area contributed by atoms with Gasteiger partial charge in [-0.05, 0) is 47.6 Å². The minimum Gasteiger partial charge on any atom is -0.316 e. The topological polar surface area (TPSA) is 12.0 Å². The van der Waals surface area contributed by atoms with Crippen molar-refractivity contribution in [3.63, 3.8) is 0 Å². The summed E-state index contributed by atoms with van der Waals surface area (Å²) in [5, 5.41) is 3.58. The Bertz CT molecular complexity index is 549. The number of piperidine rings is 1. The average Bonchev–Trinajstić information content (AvgIpc) is 2.62. The molecule has 96 valence electrons. The molecule has 0 saturated carbocycles. The van der Waals surface area contributed by atoms with Gasteiger partial charge in [0.1, 0.15) is 0 Å². The zero-order valence-electron chi connectivity index (χ0n) is 11.1. The monoisotopic (exact) mass is 249 g/mol. The van der Waals surface area contributed by atoms with E-state index in [0.717, 1.165) is 19.5 Å². The van der Waals surface area contributed by atoms with Gasteiger partial charge >= 0.3 is 0 Å². The van der Waals surface area contributed by atoms with Crippen LogP contribution in [-0.2, 0) is 6.42 Å². The predicted octanol–water partition coefficient (Wildman–Crippen LogP) is 3.45. The van der Waals surface area contributed by atoms with Crippen molar-refractivity contribution in [3.05, 3.63) is 70.8 Å². The minimum absolute atomic E-state index is 0.647. The van der Waals surface area contributed by atoms with E-state index in [9.17, 15) is 0 Å². The van der Waals surface area contributed by atoms with Gasteiger partial charge < -0.3 is 5.32 Å². The van der Waals surface area contributed by atoms with E-state index in [1.165, 1.54) is 17.5 Å². The lowest BCUT2D eigenvalue weighted by atomic mass is 9.77. The smallest absolute Gasteiger partial charge is 0.00356 e. The molecule has 4 rings (SSSR count). The van der Waals surface area contributed by atoms with E-state index < -0.39 is 0 Å². The third-order valence-corrected chi connectivity index (χ3v) is 4.77. The normalized spacial score (nSPS) is 24.8. The Labute approximate surface area is 114 Å². The lowest BCUT2D eigenvalue weighted by Gasteiger charge is -2.33. The average molecular weight is 249 g/mol. The Morgan fingerprint density at radius 2 is 1.42 bits per heavy atom. The Morgan fingerprint density at radius 1 is 0.789 bits per heavy atom. The van der Waals surface area contributed by atoms with Gasteiger partial charge in [-0.15, -0.1) is 0 Å². The molecular formula is C18H19N. The van der Waals surface area contributed by atoms with Crippen LogP contribution in [0.15, 0.2) is 48.5 Å². The molecule has 0 radical (unpaired) electrons. The van der Waals surface area contributed by atoms with Crippen LogP contribution in [0.1, 0.15) is 40.5 Å². The summed E-state index contributed by atoms with van der Waals surface area (Å²) < 4.78 is 0. The van der Waals surface area contributed by atoms with Crippen LogP contribution in [0.3, 0.4) is 0 Å². The fraction of sp³-hybridized carbons (Fsp3) is 0.333. The second-order valence-corrected chi connectivity index (χ2v) is 5.78. The summed E-state index contributed by atoms with van der Waals surface area (Å²) in [6, 6.07) is 18.1. The lowest BCUT2D eigenvalue weighted by molar-refractivity contribution is 0.405. The van der Waals surface area contributed by atoms with Crippen LogP contribution in [0.25, 0.3) is 0 Å². The highest BCUT2D eigenvalue weighted by atomic mass is 14.9. The molecule has 2 aromatic rings. The Morgan fingerprint density at radius 3 is 2.16 bits per heavy atom. The first kappa shape index (κ1) is 11.2. The van der Waals surface area contributed by atoms with E-state index in [4.69, 9.17) is 0 Å². The maximum Gasteiger partial charge on any atom is 0.00356 e. The first-order valence-electron chi connectivity index (χ1n) is 7.30. The fourth-order valence-corrected chi connectivity index (χ4v) is 3.88. The molecule has 2 aromatic carbocycles. The molecule has 1 fully saturated rings. The van der Waals surface area contributed by atoms with Crippen LogP contribution in [0, 0.1) is 0 Å². The number of nitrogens with one attached hydrogen (secondary N) is 1. The molecule has 1 aliphatic carbocycles. The van der Waals surface area contributed by atoms with Crippen molar-refractivity contribution in [2.45, 2.75) is 24.7 Å². The molecule has 1 aliphatic heterocycles. The van der Waals surface area contributed by atoms with Crippen LogP contribution >= 0.6 is 0 Å². The van der Waals surface area contributed by atoms with Crippen molar-refractivity contribution in [3.8, 4) is 0 Å². The molecule has 1 saturated heterocycles. The molecular weight excluding hydrogens is 230 g/mol. The van der Waals surface area contributed by atoms with Gasteiger partial charge in [0, 0.05) is 12.5 Å². The van der Waals surface area contributed by atoms with Crippen molar-refractivity contribution in [1.82, 2.24) is 5.32 Å². The third kappa shape index (κ3) is 1.81. The Hall–Kier alpha value is -1.60. The van der Waals surface area contributed by atoms with Gasteiger partial charge in [0.25, 0.3) is 0 Å². The van der Waals surface area contributed by atoms with Crippen molar-refractivity contribution in [2.75, 3.05) is 13.1 Å². The van der Waals surface area contributed by atoms with Crippen LogP contribution in [0.2, 0.25) is 0 Å². The molecule has 0 aromatic heterocycles. The van der Waals surface area contributed by atoms with Gasteiger partial charge in [0.15, 0.2) is 0 Å². The van der Waals surface area contributed by atoms with Crippen molar-refractivity contribution >= 4 is 0 Å². The molecule has 1 N–H and O–H groups in total. The molecule has 1 heteroatoms. The third-order valence-electron chi connectivity index (χ3n) is 4.77. The van der Waals surface area contributed by atoms with E-state index in [-0.39, 0.29) is 0 Å². The molecule has 0 unspecified atom stereocenters. The van der Waals surface area contributed by atoms with Crippen LogP contribution in [-0.4, -0.2) is 13.1 Å². The van der Waals surface area contributed by atoms with Crippen molar-refractivity contribution in [1.29, 1.82) is 0 Å². The number of hydrogen-bond acceptors (Lipinski definition) is 1. The summed E-state index contributed by atoms with van der Waals surface area (Å²) in [4.78, 5) is 0. The summed E-state index contributed by atoms with van der Waals surface area (Å²) in [7, 11) is 0. The van der Waals surface area contributed by atoms with Crippen LogP contribution < -0.4 is 5.32 Å². The van der Waals surface area contributed by atoms with Gasteiger partial charge in [0.2, 0.25) is 0 Å². The fourth-order valence-electron chi connectivity index (χ4n) is 3.88. The Kier molecular flexibility index (Phi) is 2.66. The summed E-state index contributed by atoms with van der Waals surface area (Å²) in [5.41, 5.74) is 6.21. The zero-order valence-corrected chi connectivity index (χ0v) is 11.1. The van der Waals surface area contributed by atoms with Crippen LogP contribution in [0.5, 0.6) is 0 Å². The molecule has 2 atom stereocenters. The standard InChI is InChI=1S/C18H19N/c1-3-7-15-13(5-1)11-14-6-2-4-8-16(14)18-12-19-10-9-17(15)18/h1-8,17-19H,9-12H2/t17-,18-/m1/s1. The number of fused-ring (bicyclic) bond motifs is 5. The van der Waals surface area contributed by atoms with Crippen LogP contribution in [0.4, 0.5) is 0 Å². The van der Waals surface area contributed by atoms with Gasteiger partial charge in [-0.3, -0.25) is 0 Å². The van der Waals surface area contributed by atoms with E-state index in [2.05, 4.69) is 53.8 Å². The molecule has 0 spiro atoms. The summed E-state index contributed by atoms with van der Waals surface area (Å²) in [6.07, 6.45) is 2.36. The van der Waals surface area contributed by atoms with Gasteiger partial charge in [-0.2, -0.15) is 0 Å². The number of hydrogen-bond donors (Lipinski definition) is 1. The van der Waals surface area contributed by atoms with Crippen molar-refractivity contribution < 1.29 is 0 Å². The van der Waals surface area contributed by atoms with Gasteiger partial charge in [-0.1, -0.05) is 48.5 Å². The number of benzene rings is 2. The maximum atomic E-state index is 3.58. The first-order valence-corrected chi connectivity index (χ1v) is 7.30. The maximum absolute atomic E-state index is 3.58. The highest BCUT2D eigenvalue weighted by Gasteiger charge is 2.32. The molecule has 1 nitrogen and oxygen atoms in total. The van der Waals surface area contributed by atoms with Gasteiger partial charge in [0.05, 0.1) is 0 Å². The molecule has 19 heavy (non-hydrogen) atoms. The largest absolute Gasteiger partial charge is 0.316 e. The highest BCUT2D eigenvalue weighted by Crippen LogP contribution is 2.43. The summed E-state index contributed by atoms with van der Waals surface area (Å²) in [5.74, 6) is 1.34. The second kappa shape index (κ2) is 4.50. The molecule has 0 amide bonds. The molecule has 0 bridgehead atoms. The SMILES string of the molecule is c1ccc2c(c1)Cc1ccccc1[C@H]1CNCC[C@H]21. The van der Waals surface area contributed by atoms with Crippen molar-refractivity contribution in [2.24, 2.45) is 0 Å². The Balaban J connectivity index is 1.92. The molecule has 1 heterocycles.